The van der Waals surface area contributed by atoms with Crippen LogP contribution in [0.25, 0.3) is 32.3 Å². The van der Waals surface area contributed by atoms with E-state index >= 15 is 0 Å². The zero-order valence-corrected chi connectivity index (χ0v) is 34.8. The summed E-state index contributed by atoms with van der Waals surface area (Å²) < 4.78 is 102. The van der Waals surface area contributed by atoms with E-state index in [1.165, 1.54) is 55.5 Å². The van der Waals surface area contributed by atoms with Crippen molar-refractivity contribution in [3.8, 4) is 0 Å². The number of hydrogen-bond acceptors (Lipinski definition) is 0. The van der Waals surface area contributed by atoms with Gasteiger partial charge in [0.05, 0.1) is 0 Å². The summed E-state index contributed by atoms with van der Waals surface area (Å²) >= 11 is 0. The molecule has 0 nitrogen and oxygen atoms in total. The van der Waals surface area contributed by atoms with E-state index in [0.29, 0.717) is 0 Å². The van der Waals surface area contributed by atoms with Gasteiger partial charge in [-0.05, 0) is 161 Å². The van der Waals surface area contributed by atoms with Crippen LogP contribution < -0.4 is 31.8 Å². The number of allylic oxidation sites excluding steroid dienone is 4. The molecule has 0 saturated carbocycles. The van der Waals surface area contributed by atoms with Crippen LogP contribution in [0, 0.1) is 23.3 Å². The van der Waals surface area contributed by atoms with Crippen LogP contribution in [0.4, 0.5) is 35.1 Å². The molecule has 0 spiro atoms. The quantitative estimate of drug-likeness (QED) is 0.0492. The minimum Gasteiger partial charge on any atom is -0.208 e. The fourth-order valence-electron chi connectivity index (χ4n) is 6.66. The third-order valence-electron chi connectivity index (χ3n) is 9.76. The van der Waals surface area contributed by atoms with Crippen molar-refractivity contribution >= 4 is 80.0 Å². The lowest BCUT2D eigenvalue weighted by molar-refractivity contribution is -0.0914. The SMILES string of the molecule is C/C=C(\C)C(F)(F)F.C=CC(=C)F.Fc1ccc(P(c2ccc(F)cc2)c2cc3c4ccccc4c(P(c4ccc(F)cc4)c4ccc(F)cc4)cc3c3ccccc23)cc1. The molecule has 10 heteroatoms. The third-order valence-corrected chi connectivity index (χ3v) is 14.7. The minimum absolute atomic E-state index is 0.312. The molecule has 308 valence electrons. The molecule has 0 aromatic heterocycles. The summed E-state index contributed by atoms with van der Waals surface area (Å²) in [5.41, 5.74) is -0.544. The van der Waals surface area contributed by atoms with Crippen molar-refractivity contribution in [2.75, 3.05) is 0 Å². The molecular formula is C51H38F8P2. The standard InChI is InChI=1S/C42H26F4P2.C5H7F3.C4H5F/c43-27-9-17-31(18-10-27)47(32-19-11-28(44)12-20-32)41-26-40-36-6-2-4-8-38(36)42(25-39(40)35-5-1-3-7-37(35)41)48(33-21-13-29(45)14-22-33)34-23-15-30(46)16-24-34;1-3-4(2)5(6,7)8;1-3-4(2)5/h1-26H;3H,1-2H3;3H,1-2H2/b;4-3+;. The number of rotatable bonds is 7. The van der Waals surface area contributed by atoms with Gasteiger partial charge in [0, 0.05) is 5.57 Å². The second kappa shape index (κ2) is 19.6. The predicted molar refractivity (Wildman–Crippen MR) is 242 cm³/mol. The Labute approximate surface area is 351 Å². The van der Waals surface area contributed by atoms with E-state index in [-0.39, 0.29) is 23.3 Å². The molecule has 8 rings (SSSR count). The predicted octanol–water partition coefficient (Wildman–Crippen LogP) is 13.4. The van der Waals surface area contributed by atoms with Gasteiger partial charge in [0.25, 0.3) is 0 Å². The molecule has 0 saturated heterocycles. The van der Waals surface area contributed by atoms with Crippen molar-refractivity contribution < 1.29 is 35.1 Å². The normalized spacial score (nSPS) is 11.6. The molecule has 0 N–H and O–H groups in total. The lowest BCUT2D eigenvalue weighted by Crippen LogP contribution is -2.23. The molecule has 61 heavy (non-hydrogen) atoms. The fourth-order valence-corrected chi connectivity index (χ4v) is 11.5. The Bertz CT molecular complexity index is 2570. The number of halogens is 8. The van der Waals surface area contributed by atoms with Gasteiger partial charge in [0.15, 0.2) is 0 Å². The molecule has 0 aliphatic heterocycles. The summed E-state index contributed by atoms with van der Waals surface area (Å²) in [6, 6.07) is 47.5. The topological polar surface area (TPSA) is 0 Å². The molecular weight excluding hydrogens is 826 g/mol. The molecule has 0 aliphatic carbocycles. The van der Waals surface area contributed by atoms with Gasteiger partial charge >= 0.3 is 6.18 Å². The molecule has 0 amide bonds. The first-order valence-corrected chi connectivity index (χ1v) is 21.5. The summed E-state index contributed by atoms with van der Waals surface area (Å²) in [7, 11) is -2.40. The van der Waals surface area contributed by atoms with Gasteiger partial charge in [0.2, 0.25) is 0 Å². The van der Waals surface area contributed by atoms with Crippen LogP contribution in [0.1, 0.15) is 13.8 Å². The van der Waals surface area contributed by atoms with Gasteiger partial charge in [-0.25, -0.2) is 22.0 Å². The van der Waals surface area contributed by atoms with Crippen molar-refractivity contribution in [2.24, 2.45) is 0 Å². The first-order chi connectivity index (χ1) is 29.2. The van der Waals surface area contributed by atoms with E-state index in [1.54, 1.807) is 0 Å². The fraction of sp³-hybridized carbons (Fsp3) is 0.0588. The van der Waals surface area contributed by atoms with Crippen LogP contribution in [0.15, 0.2) is 194 Å². The Morgan fingerprint density at radius 2 is 0.738 bits per heavy atom. The zero-order chi connectivity index (χ0) is 43.8. The maximum atomic E-state index is 14.2. The summed E-state index contributed by atoms with van der Waals surface area (Å²) in [5.74, 6) is -1.73. The summed E-state index contributed by atoms with van der Waals surface area (Å²) in [6.45, 7) is 8.38. The highest BCUT2D eigenvalue weighted by atomic mass is 31.1. The van der Waals surface area contributed by atoms with Crippen molar-refractivity contribution in [3.05, 3.63) is 218 Å². The second-order valence-electron chi connectivity index (χ2n) is 13.7. The van der Waals surface area contributed by atoms with E-state index < -0.39 is 33.4 Å². The van der Waals surface area contributed by atoms with E-state index in [2.05, 4.69) is 49.6 Å². The van der Waals surface area contributed by atoms with E-state index in [9.17, 15) is 35.1 Å². The second-order valence-corrected chi connectivity index (χ2v) is 18.0. The molecule has 0 fully saturated rings. The smallest absolute Gasteiger partial charge is 0.208 e. The number of hydrogen-bond donors (Lipinski definition) is 0. The number of fused-ring (bicyclic) bond motifs is 5. The van der Waals surface area contributed by atoms with Crippen LogP contribution in [0.3, 0.4) is 0 Å². The van der Waals surface area contributed by atoms with E-state index in [0.717, 1.165) is 83.2 Å². The zero-order valence-electron chi connectivity index (χ0n) is 33.0. The first kappa shape index (κ1) is 44.6. The van der Waals surface area contributed by atoms with Crippen LogP contribution in [-0.4, -0.2) is 6.18 Å². The van der Waals surface area contributed by atoms with Crippen molar-refractivity contribution in [2.45, 2.75) is 20.0 Å². The lowest BCUT2D eigenvalue weighted by Gasteiger charge is -2.25. The summed E-state index contributed by atoms with van der Waals surface area (Å²) in [5, 5.41) is 12.4. The van der Waals surface area contributed by atoms with Crippen LogP contribution >= 0.6 is 15.8 Å². The Balaban J connectivity index is 0.000000418. The van der Waals surface area contributed by atoms with E-state index in [1.807, 2.05) is 72.8 Å². The van der Waals surface area contributed by atoms with Crippen molar-refractivity contribution in [3.63, 3.8) is 0 Å². The van der Waals surface area contributed by atoms with Gasteiger partial charge in [-0.3, -0.25) is 0 Å². The highest BCUT2D eigenvalue weighted by molar-refractivity contribution is 7.80. The Morgan fingerprint density at radius 3 is 0.951 bits per heavy atom. The van der Waals surface area contributed by atoms with Gasteiger partial charge < -0.3 is 0 Å². The highest BCUT2D eigenvalue weighted by Crippen LogP contribution is 2.43. The Morgan fingerprint density at radius 1 is 0.475 bits per heavy atom. The first-order valence-electron chi connectivity index (χ1n) is 18.9. The number of benzene rings is 8. The highest BCUT2D eigenvalue weighted by Gasteiger charge is 2.29. The average molecular weight is 865 g/mol. The van der Waals surface area contributed by atoms with Crippen LogP contribution in [0.2, 0.25) is 0 Å². The average Bonchev–Trinajstić information content (AvgIpc) is 3.26. The van der Waals surface area contributed by atoms with Crippen molar-refractivity contribution in [1.29, 1.82) is 0 Å². The maximum Gasteiger partial charge on any atom is 0.412 e. The van der Waals surface area contributed by atoms with Gasteiger partial charge in [-0.1, -0.05) is 116 Å². The molecule has 0 unspecified atom stereocenters. The Hall–Kier alpha value is -5.94. The third kappa shape index (κ3) is 10.5. The monoisotopic (exact) mass is 864 g/mol. The minimum atomic E-state index is -4.13. The van der Waals surface area contributed by atoms with Gasteiger partial charge in [-0.15, -0.1) is 0 Å². The molecule has 0 bridgehead atoms. The van der Waals surface area contributed by atoms with Gasteiger partial charge in [0.1, 0.15) is 29.1 Å². The Kier molecular flexibility index (Phi) is 14.4. The summed E-state index contributed by atoms with van der Waals surface area (Å²) in [4.78, 5) is 0. The van der Waals surface area contributed by atoms with Crippen LogP contribution in [0.5, 0.6) is 0 Å². The largest absolute Gasteiger partial charge is 0.412 e. The van der Waals surface area contributed by atoms with Gasteiger partial charge in [-0.2, -0.15) is 13.2 Å². The molecule has 0 aliphatic rings. The van der Waals surface area contributed by atoms with Crippen molar-refractivity contribution in [1.82, 2.24) is 0 Å². The van der Waals surface area contributed by atoms with Crippen LogP contribution in [-0.2, 0) is 0 Å². The van der Waals surface area contributed by atoms with E-state index in [4.69, 9.17) is 0 Å². The molecule has 0 heterocycles. The molecule has 0 atom stereocenters. The molecule has 0 radical (unpaired) electrons. The summed E-state index contributed by atoms with van der Waals surface area (Å²) in [6.07, 6.45) is -2.03. The lowest BCUT2D eigenvalue weighted by atomic mass is 9.97. The number of alkyl halides is 3. The molecule has 8 aromatic carbocycles. The maximum absolute atomic E-state index is 14.2. The molecule has 8 aromatic rings.